The summed E-state index contributed by atoms with van der Waals surface area (Å²) in [4.78, 5) is 25.8. The van der Waals surface area contributed by atoms with Gasteiger partial charge in [0.15, 0.2) is 13.2 Å². The smallest absolute Gasteiger partial charge is 0.344 e. The van der Waals surface area contributed by atoms with Gasteiger partial charge < -0.3 is 14.4 Å². The lowest BCUT2D eigenvalue weighted by Crippen LogP contribution is -2.51. The van der Waals surface area contributed by atoms with Gasteiger partial charge in [0.05, 0.1) is 4.90 Å². The van der Waals surface area contributed by atoms with Gasteiger partial charge in [-0.2, -0.15) is 4.31 Å². The summed E-state index contributed by atoms with van der Waals surface area (Å²) < 4.78 is 37.8. The zero-order valence-corrected chi connectivity index (χ0v) is 18.5. The number of esters is 1. The van der Waals surface area contributed by atoms with E-state index in [-0.39, 0.29) is 43.6 Å². The van der Waals surface area contributed by atoms with Gasteiger partial charge in [-0.05, 0) is 36.4 Å². The van der Waals surface area contributed by atoms with Gasteiger partial charge in [0, 0.05) is 30.7 Å². The Bertz CT molecular complexity index is 974. The first-order chi connectivity index (χ1) is 14.4. The number of benzene rings is 2. The molecular weight excluding hydrogens is 476 g/mol. The van der Waals surface area contributed by atoms with Gasteiger partial charge in [0.1, 0.15) is 5.75 Å². The highest BCUT2D eigenvalue weighted by molar-refractivity contribution is 9.10. The zero-order valence-electron chi connectivity index (χ0n) is 16.1. The third kappa shape index (κ3) is 5.80. The summed E-state index contributed by atoms with van der Waals surface area (Å²) in [6.45, 7) is 0.120. The van der Waals surface area contributed by atoms with Crippen LogP contribution in [0.5, 0.6) is 5.75 Å². The Hall–Kier alpha value is -2.43. The molecule has 0 radical (unpaired) electrons. The fraction of sp³-hybridized carbons (Fsp3) is 0.300. The predicted octanol–water partition coefficient (Wildman–Crippen LogP) is 1.90. The molecule has 0 unspecified atom stereocenters. The van der Waals surface area contributed by atoms with Gasteiger partial charge in [-0.3, -0.25) is 4.79 Å². The van der Waals surface area contributed by atoms with Crippen LogP contribution in [0.1, 0.15) is 0 Å². The van der Waals surface area contributed by atoms with Crippen molar-refractivity contribution in [1.82, 2.24) is 9.21 Å². The third-order valence-electron chi connectivity index (χ3n) is 4.50. The lowest BCUT2D eigenvalue weighted by Gasteiger charge is -2.33. The van der Waals surface area contributed by atoms with Crippen molar-refractivity contribution in [1.29, 1.82) is 0 Å². The van der Waals surface area contributed by atoms with E-state index in [4.69, 9.17) is 9.47 Å². The Kier molecular flexibility index (Phi) is 7.46. The molecule has 0 saturated carbocycles. The minimum absolute atomic E-state index is 0.184. The van der Waals surface area contributed by atoms with Crippen molar-refractivity contribution in [2.45, 2.75) is 4.90 Å². The van der Waals surface area contributed by atoms with Crippen molar-refractivity contribution >= 4 is 37.8 Å². The summed E-state index contributed by atoms with van der Waals surface area (Å²) >= 11 is 3.30. The molecule has 0 N–H and O–H groups in total. The molecule has 1 fully saturated rings. The normalized spacial score (nSPS) is 14.9. The van der Waals surface area contributed by atoms with Crippen molar-refractivity contribution in [2.24, 2.45) is 0 Å². The highest BCUT2D eigenvalue weighted by atomic mass is 79.9. The first-order valence-corrected chi connectivity index (χ1v) is 11.5. The quantitative estimate of drug-likeness (QED) is 0.543. The van der Waals surface area contributed by atoms with Crippen LogP contribution in [0, 0.1) is 0 Å². The van der Waals surface area contributed by atoms with Crippen molar-refractivity contribution in [3.05, 3.63) is 59.1 Å². The standard InChI is InChI=1S/C20H21BrN2O6S/c21-16-6-8-17(9-7-16)28-15-20(25)29-14-19(24)22-10-12-23(13-11-22)30(26,27)18-4-2-1-3-5-18/h1-9H,10-15H2. The number of nitrogens with zero attached hydrogens (tertiary/aromatic N) is 2. The SMILES string of the molecule is O=C(COc1ccc(Br)cc1)OCC(=O)N1CCN(S(=O)(=O)c2ccccc2)CC1. The molecule has 1 aliphatic heterocycles. The first kappa shape index (κ1) is 22.3. The van der Waals surface area contributed by atoms with Crippen LogP contribution in [-0.2, 0) is 24.3 Å². The van der Waals surface area contributed by atoms with Crippen molar-refractivity contribution < 1.29 is 27.5 Å². The molecule has 2 aromatic carbocycles. The minimum Gasteiger partial charge on any atom is -0.482 e. The van der Waals surface area contributed by atoms with Crippen LogP contribution >= 0.6 is 15.9 Å². The van der Waals surface area contributed by atoms with Crippen LogP contribution in [0.15, 0.2) is 64.0 Å². The Morgan fingerprint density at radius 2 is 1.53 bits per heavy atom. The molecule has 1 amide bonds. The van der Waals surface area contributed by atoms with Crippen LogP contribution in [0.2, 0.25) is 0 Å². The Morgan fingerprint density at radius 1 is 0.900 bits per heavy atom. The summed E-state index contributed by atoms with van der Waals surface area (Å²) in [7, 11) is -3.58. The Morgan fingerprint density at radius 3 is 2.17 bits per heavy atom. The van der Waals surface area contributed by atoms with E-state index in [0.29, 0.717) is 5.75 Å². The number of carbonyl (C=O) groups is 2. The topological polar surface area (TPSA) is 93.2 Å². The van der Waals surface area contributed by atoms with Gasteiger partial charge in [0.25, 0.3) is 5.91 Å². The Labute approximate surface area is 183 Å². The summed E-state index contributed by atoms with van der Waals surface area (Å²) in [5, 5.41) is 0. The fourth-order valence-corrected chi connectivity index (χ4v) is 4.58. The predicted molar refractivity (Wildman–Crippen MR) is 112 cm³/mol. The molecule has 30 heavy (non-hydrogen) atoms. The van der Waals surface area contributed by atoms with Gasteiger partial charge >= 0.3 is 5.97 Å². The van der Waals surface area contributed by atoms with Gasteiger partial charge in [-0.1, -0.05) is 34.1 Å². The highest BCUT2D eigenvalue weighted by Gasteiger charge is 2.30. The molecule has 3 rings (SSSR count). The second-order valence-electron chi connectivity index (χ2n) is 6.50. The largest absolute Gasteiger partial charge is 0.482 e. The van der Waals surface area contributed by atoms with Crippen LogP contribution in [0.4, 0.5) is 0 Å². The second-order valence-corrected chi connectivity index (χ2v) is 9.35. The lowest BCUT2D eigenvalue weighted by molar-refractivity contribution is -0.154. The first-order valence-electron chi connectivity index (χ1n) is 9.23. The summed E-state index contributed by atoms with van der Waals surface area (Å²) in [5.41, 5.74) is 0. The monoisotopic (exact) mass is 496 g/mol. The maximum Gasteiger partial charge on any atom is 0.344 e. The average Bonchev–Trinajstić information content (AvgIpc) is 2.77. The number of halogens is 1. The number of ether oxygens (including phenoxy) is 2. The number of amides is 1. The lowest BCUT2D eigenvalue weighted by atomic mass is 10.3. The van der Waals surface area contributed by atoms with Crippen LogP contribution in [0.25, 0.3) is 0 Å². The molecular formula is C20H21BrN2O6S. The van der Waals surface area contributed by atoms with Crippen molar-refractivity contribution in [2.75, 3.05) is 39.4 Å². The maximum absolute atomic E-state index is 12.6. The molecule has 8 nitrogen and oxygen atoms in total. The molecule has 160 valence electrons. The third-order valence-corrected chi connectivity index (χ3v) is 6.94. The van der Waals surface area contributed by atoms with E-state index < -0.39 is 22.6 Å². The number of sulfonamides is 1. The molecule has 0 atom stereocenters. The van der Waals surface area contributed by atoms with E-state index in [1.807, 2.05) is 0 Å². The molecule has 2 aromatic rings. The average molecular weight is 497 g/mol. The molecule has 10 heteroatoms. The zero-order chi connectivity index (χ0) is 21.6. The molecule has 0 aliphatic carbocycles. The second kappa shape index (κ2) is 10.1. The Balaban J connectivity index is 1.42. The molecule has 0 spiro atoms. The summed E-state index contributed by atoms with van der Waals surface area (Å²) in [6, 6.07) is 15.1. The van der Waals surface area contributed by atoms with E-state index in [2.05, 4.69) is 15.9 Å². The van der Waals surface area contributed by atoms with Crippen LogP contribution < -0.4 is 4.74 Å². The molecule has 0 bridgehead atoms. The van der Waals surface area contributed by atoms with Gasteiger partial charge in [-0.15, -0.1) is 0 Å². The number of piperazine rings is 1. The molecule has 0 aromatic heterocycles. The van der Waals surface area contributed by atoms with Gasteiger partial charge in [-0.25, -0.2) is 13.2 Å². The maximum atomic E-state index is 12.6. The van der Waals surface area contributed by atoms with Crippen molar-refractivity contribution in [3.63, 3.8) is 0 Å². The van der Waals surface area contributed by atoms with E-state index in [9.17, 15) is 18.0 Å². The van der Waals surface area contributed by atoms with E-state index >= 15 is 0 Å². The van der Waals surface area contributed by atoms with E-state index in [1.54, 1.807) is 54.6 Å². The number of carbonyl (C=O) groups excluding carboxylic acids is 2. The molecule has 1 saturated heterocycles. The number of hydrogen-bond donors (Lipinski definition) is 0. The minimum atomic E-state index is -3.58. The highest BCUT2D eigenvalue weighted by Crippen LogP contribution is 2.18. The number of hydrogen-bond acceptors (Lipinski definition) is 6. The van der Waals surface area contributed by atoms with Crippen LogP contribution in [-0.4, -0.2) is 68.9 Å². The molecule has 1 aliphatic rings. The van der Waals surface area contributed by atoms with Crippen LogP contribution in [0.3, 0.4) is 0 Å². The van der Waals surface area contributed by atoms with Gasteiger partial charge in [0.2, 0.25) is 10.0 Å². The van der Waals surface area contributed by atoms with E-state index in [1.165, 1.54) is 9.21 Å². The van der Waals surface area contributed by atoms with Crippen molar-refractivity contribution in [3.8, 4) is 5.75 Å². The summed E-state index contributed by atoms with van der Waals surface area (Å²) in [5.74, 6) is -0.516. The fourth-order valence-electron chi connectivity index (χ4n) is 2.87. The van der Waals surface area contributed by atoms with E-state index in [0.717, 1.165) is 4.47 Å². The number of rotatable bonds is 7. The summed E-state index contributed by atoms with van der Waals surface area (Å²) in [6.07, 6.45) is 0. The molecule has 1 heterocycles.